The topological polar surface area (TPSA) is 37.8 Å². The zero-order valence-corrected chi connectivity index (χ0v) is 13.9. The number of aromatic nitrogens is 2. The molecule has 0 amide bonds. The third kappa shape index (κ3) is 2.00. The quantitative estimate of drug-likeness (QED) is 0.676. The van der Waals surface area contributed by atoms with Crippen molar-refractivity contribution in [2.45, 2.75) is 32.6 Å². The van der Waals surface area contributed by atoms with Gasteiger partial charge in [0.1, 0.15) is 4.83 Å². The number of thiophene rings is 1. The predicted molar refractivity (Wildman–Crippen MR) is 94.0 cm³/mol. The van der Waals surface area contributed by atoms with Crippen molar-refractivity contribution in [1.29, 1.82) is 0 Å². The van der Waals surface area contributed by atoms with Gasteiger partial charge in [-0.25, -0.2) is 0 Å². The van der Waals surface area contributed by atoms with E-state index >= 15 is 0 Å². The van der Waals surface area contributed by atoms with E-state index in [0.717, 1.165) is 40.7 Å². The van der Waals surface area contributed by atoms with Crippen LogP contribution in [0, 0.1) is 11.7 Å². The van der Waals surface area contributed by atoms with Crippen LogP contribution in [0.15, 0.2) is 29.1 Å². The second-order valence-electron chi connectivity index (χ2n) is 5.77. The van der Waals surface area contributed by atoms with E-state index in [0.29, 0.717) is 4.77 Å². The number of aryl methyl sites for hydroxylation is 3. The number of aromatic amines is 1. The summed E-state index contributed by atoms with van der Waals surface area (Å²) in [5.41, 5.74) is 3.18. The van der Waals surface area contributed by atoms with Gasteiger partial charge in [0.05, 0.1) is 11.1 Å². The van der Waals surface area contributed by atoms with Gasteiger partial charge in [0.15, 0.2) is 4.77 Å². The first-order valence-electron chi connectivity index (χ1n) is 7.52. The van der Waals surface area contributed by atoms with Crippen LogP contribution in [0.3, 0.4) is 0 Å². The molecule has 0 unspecified atom stereocenters. The average Bonchev–Trinajstić information content (AvgIpc) is 2.87. The van der Waals surface area contributed by atoms with Crippen LogP contribution >= 0.6 is 23.6 Å². The molecule has 0 aliphatic heterocycles. The molecule has 0 saturated heterocycles. The Labute approximate surface area is 137 Å². The second kappa shape index (κ2) is 5.18. The van der Waals surface area contributed by atoms with Crippen LogP contribution in [0.25, 0.3) is 15.9 Å². The summed E-state index contributed by atoms with van der Waals surface area (Å²) in [6.45, 7) is 2.00. The highest BCUT2D eigenvalue weighted by atomic mass is 32.1. The molecular formula is C17H16N2OS2. The van der Waals surface area contributed by atoms with Crippen molar-refractivity contribution < 1.29 is 0 Å². The average molecular weight is 328 g/mol. The summed E-state index contributed by atoms with van der Waals surface area (Å²) >= 11 is 7.16. The summed E-state index contributed by atoms with van der Waals surface area (Å²) in [6.07, 6.45) is 4.47. The van der Waals surface area contributed by atoms with Gasteiger partial charge in [-0.1, -0.05) is 18.2 Å². The first-order chi connectivity index (χ1) is 10.7. The highest BCUT2D eigenvalue weighted by molar-refractivity contribution is 7.71. The molecule has 1 N–H and O–H groups in total. The molecule has 2 heterocycles. The molecule has 0 bridgehead atoms. The lowest BCUT2D eigenvalue weighted by atomic mass is 9.97. The number of nitrogens with zero attached hydrogens (tertiary/aromatic N) is 1. The van der Waals surface area contributed by atoms with Gasteiger partial charge in [0.25, 0.3) is 5.56 Å². The third-order valence-corrected chi connectivity index (χ3v) is 5.86. The van der Waals surface area contributed by atoms with Crippen molar-refractivity contribution in [3.63, 3.8) is 0 Å². The van der Waals surface area contributed by atoms with Gasteiger partial charge >= 0.3 is 0 Å². The second-order valence-corrected chi connectivity index (χ2v) is 7.26. The molecule has 1 aliphatic rings. The molecule has 0 spiro atoms. The van der Waals surface area contributed by atoms with E-state index in [-0.39, 0.29) is 5.56 Å². The zero-order chi connectivity index (χ0) is 15.3. The molecule has 112 valence electrons. The van der Waals surface area contributed by atoms with Crippen molar-refractivity contribution in [1.82, 2.24) is 9.55 Å². The molecule has 1 aromatic carbocycles. The van der Waals surface area contributed by atoms with Crippen LogP contribution in [0.5, 0.6) is 0 Å². The van der Waals surface area contributed by atoms with Crippen LogP contribution < -0.4 is 5.56 Å². The van der Waals surface area contributed by atoms with E-state index in [1.54, 1.807) is 15.9 Å². The Balaban J connectivity index is 2.11. The van der Waals surface area contributed by atoms with Gasteiger partial charge in [-0.3, -0.25) is 9.36 Å². The maximum atomic E-state index is 13.1. The molecule has 0 saturated carbocycles. The van der Waals surface area contributed by atoms with Crippen LogP contribution in [-0.4, -0.2) is 9.55 Å². The first kappa shape index (κ1) is 13.9. The fraction of sp³-hybridized carbons (Fsp3) is 0.294. The highest BCUT2D eigenvalue weighted by Crippen LogP contribution is 2.33. The normalized spacial score (nSPS) is 14.2. The Bertz CT molecular complexity index is 994. The fourth-order valence-electron chi connectivity index (χ4n) is 3.27. The zero-order valence-electron chi connectivity index (χ0n) is 12.3. The minimum atomic E-state index is 0.0208. The van der Waals surface area contributed by atoms with E-state index in [4.69, 9.17) is 12.2 Å². The smallest absolute Gasteiger partial charge is 0.267 e. The molecule has 0 fully saturated rings. The highest BCUT2D eigenvalue weighted by Gasteiger charge is 2.20. The van der Waals surface area contributed by atoms with Gasteiger partial charge < -0.3 is 4.98 Å². The monoisotopic (exact) mass is 328 g/mol. The number of hydrogen-bond acceptors (Lipinski definition) is 3. The minimum Gasteiger partial charge on any atom is -0.323 e. The van der Waals surface area contributed by atoms with E-state index in [1.807, 2.05) is 31.2 Å². The van der Waals surface area contributed by atoms with Gasteiger partial charge in [0.2, 0.25) is 0 Å². The van der Waals surface area contributed by atoms with Gasteiger partial charge in [-0.15, -0.1) is 11.3 Å². The number of nitrogens with one attached hydrogen (secondary N) is 1. The van der Waals surface area contributed by atoms with E-state index in [9.17, 15) is 4.79 Å². The summed E-state index contributed by atoms with van der Waals surface area (Å²) in [5.74, 6) is 0. The summed E-state index contributed by atoms with van der Waals surface area (Å²) in [5, 5.41) is 0.844. The minimum absolute atomic E-state index is 0.0208. The lowest BCUT2D eigenvalue weighted by molar-refractivity contribution is 0.699. The number of rotatable bonds is 1. The number of benzene rings is 1. The van der Waals surface area contributed by atoms with E-state index in [2.05, 4.69) is 4.98 Å². The predicted octanol–water partition coefficient (Wildman–Crippen LogP) is 4.30. The lowest BCUT2D eigenvalue weighted by Crippen LogP contribution is -2.21. The van der Waals surface area contributed by atoms with Crippen LogP contribution in [0.1, 0.15) is 28.8 Å². The number of H-pyrrole nitrogens is 1. The molecule has 3 aromatic rings. The summed E-state index contributed by atoms with van der Waals surface area (Å²) in [6, 6.07) is 7.87. The summed E-state index contributed by atoms with van der Waals surface area (Å²) in [7, 11) is 0. The molecule has 1 aliphatic carbocycles. The standard InChI is InChI=1S/C17H16N2OS2/c1-10-6-2-4-8-12(10)19-16(20)14-11-7-3-5-9-13(11)22-15(14)18-17(19)21/h2,4,6,8H,3,5,7,9H2,1H3,(H,18,21). The van der Waals surface area contributed by atoms with Gasteiger partial charge in [-0.05, 0) is 62.0 Å². The van der Waals surface area contributed by atoms with Gasteiger partial charge in [0, 0.05) is 4.88 Å². The van der Waals surface area contributed by atoms with Crippen molar-refractivity contribution >= 4 is 33.8 Å². The molecule has 2 aromatic heterocycles. The molecule has 0 radical (unpaired) electrons. The lowest BCUT2D eigenvalue weighted by Gasteiger charge is -2.12. The first-order valence-corrected chi connectivity index (χ1v) is 8.75. The fourth-order valence-corrected chi connectivity index (χ4v) is 4.90. The van der Waals surface area contributed by atoms with E-state index in [1.165, 1.54) is 16.9 Å². The van der Waals surface area contributed by atoms with Gasteiger partial charge in [-0.2, -0.15) is 0 Å². The summed E-state index contributed by atoms with van der Waals surface area (Å²) in [4.78, 5) is 18.7. The van der Waals surface area contributed by atoms with E-state index < -0.39 is 0 Å². The molecule has 4 rings (SSSR count). The van der Waals surface area contributed by atoms with Crippen molar-refractivity contribution in [3.05, 3.63) is 55.4 Å². The van der Waals surface area contributed by atoms with Crippen LogP contribution in [-0.2, 0) is 12.8 Å². The Morgan fingerprint density at radius 1 is 1.23 bits per heavy atom. The Morgan fingerprint density at radius 2 is 2.00 bits per heavy atom. The maximum Gasteiger partial charge on any atom is 0.267 e. The molecule has 3 nitrogen and oxygen atoms in total. The Morgan fingerprint density at radius 3 is 2.82 bits per heavy atom. The third-order valence-electron chi connectivity index (χ3n) is 4.37. The largest absolute Gasteiger partial charge is 0.323 e. The molecular weight excluding hydrogens is 312 g/mol. The Kier molecular flexibility index (Phi) is 3.27. The summed E-state index contributed by atoms with van der Waals surface area (Å²) < 4.78 is 2.12. The molecule has 22 heavy (non-hydrogen) atoms. The number of hydrogen-bond donors (Lipinski definition) is 1. The SMILES string of the molecule is Cc1ccccc1-n1c(=S)[nH]c2sc3c(c2c1=O)CCCC3. The number of para-hydroxylation sites is 1. The Hall–Kier alpha value is -1.72. The van der Waals surface area contributed by atoms with Crippen molar-refractivity contribution in [2.24, 2.45) is 0 Å². The molecule has 0 atom stereocenters. The van der Waals surface area contributed by atoms with Crippen LogP contribution in [0.2, 0.25) is 0 Å². The maximum absolute atomic E-state index is 13.1. The number of fused-ring (bicyclic) bond motifs is 3. The van der Waals surface area contributed by atoms with Crippen molar-refractivity contribution in [3.8, 4) is 5.69 Å². The molecule has 5 heteroatoms. The van der Waals surface area contributed by atoms with Crippen molar-refractivity contribution in [2.75, 3.05) is 0 Å². The van der Waals surface area contributed by atoms with Crippen LogP contribution in [0.4, 0.5) is 0 Å².